The van der Waals surface area contributed by atoms with Gasteiger partial charge in [0.2, 0.25) is 0 Å². The summed E-state index contributed by atoms with van der Waals surface area (Å²) in [5, 5.41) is 9.41. The summed E-state index contributed by atoms with van der Waals surface area (Å²) in [5.41, 5.74) is 3.79. The Morgan fingerprint density at radius 3 is 2.67 bits per heavy atom. The van der Waals surface area contributed by atoms with Gasteiger partial charge < -0.3 is 5.11 Å². The first kappa shape index (κ1) is 12.6. The zero-order valence-corrected chi connectivity index (χ0v) is 10.8. The highest BCUT2D eigenvalue weighted by atomic mass is 35.5. The topological polar surface area (TPSA) is 50.2 Å². The number of carbonyl (C=O) groups is 1. The molecule has 4 heteroatoms. The van der Waals surface area contributed by atoms with Gasteiger partial charge in [-0.2, -0.15) is 0 Å². The predicted molar refractivity (Wildman–Crippen MR) is 71.1 cm³/mol. The Labute approximate surface area is 110 Å². The zero-order chi connectivity index (χ0) is 13.3. The first-order valence-corrected chi connectivity index (χ1v) is 5.84. The summed E-state index contributed by atoms with van der Waals surface area (Å²) in [5.74, 6) is -1.00. The molecule has 0 radical (unpaired) electrons. The molecule has 0 unspecified atom stereocenters. The van der Waals surface area contributed by atoms with Crippen LogP contribution in [0, 0.1) is 13.8 Å². The van der Waals surface area contributed by atoms with Gasteiger partial charge in [-0.1, -0.05) is 29.8 Å². The molecule has 0 spiro atoms. The molecule has 0 aliphatic carbocycles. The van der Waals surface area contributed by atoms with Crippen LogP contribution < -0.4 is 0 Å². The highest BCUT2D eigenvalue weighted by Crippen LogP contribution is 2.29. The Morgan fingerprint density at radius 2 is 2.00 bits per heavy atom. The van der Waals surface area contributed by atoms with Crippen LogP contribution in [-0.2, 0) is 0 Å². The second-order valence-corrected chi connectivity index (χ2v) is 4.49. The third kappa shape index (κ3) is 2.22. The molecule has 0 saturated heterocycles. The van der Waals surface area contributed by atoms with Crippen LogP contribution in [0.4, 0.5) is 0 Å². The number of aromatic carboxylic acids is 1. The van der Waals surface area contributed by atoms with E-state index in [-0.39, 0.29) is 10.7 Å². The lowest BCUT2D eigenvalue weighted by Gasteiger charge is -2.11. The van der Waals surface area contributed by atoms with Gasteiger partial charge >= 0.3 is 5.97 Å². The number of halogens is 1. The number of hydrogen-bond acceptors (Lipinski definition) is 2. The lowest BCUT2D eigenvalue weighted by atomic mass is 9.95. The van der Waals surface area contributed by atoms with Crippen molar-refractivity contribution in [3.8, 4) is 11.1 Å². The van der Waals surface area contributed by atoms with Gasteiger partial charge in [-0.15, -0.1) is 0 Å². The molecule has 0 aliphatic heterocycles. The van der Waals surface area contributed by atoms with Crippen LogP contribution in [0.15, 0.2) is 30.5 Å². The summed E-state index contributed by atoms with van der Waals surface area (Å²) >= 11 is 5.74. The van der Waals surface area contributed by atoms with E-state index in [1.807, 2.05) is 32.0 Å². The largest absolute Gasteiger partial charge is 0.478 e. The number of carboxylic acid groups (broad SMARTS) is 1. The maximum atomic E-state index is 11.3. The number of aromatic nitrogens is 1. The molecule has 0 amide bonds. The van der Waals surface area contributed by atoms with E-state index in [0.717, 1.165) is 16.7 Å². The zero-order valence-electron chi connectivity index (χ0n) is 10.1. The normalized spacial score (nSPS) is 10.4. The van der Waals surface area contributed by atoms with Crippen LogP contribution in [0.1, 0.15) is 21.5 Å². The second-order valence-electron chi connectivity index (χ2n) is 4.11. The third-order valence-electron chi connectivity index (χ3n) is 3.00. The summed E-state index contributed by atoms with van der Waals surface area (Å²) in [7, 11) is 0. The smallest absolute Gasteiger partial charge is 0.336 e. The molecule has 1 aromatic carbocycles. The Kier molecular flexibility index (Phi) is 3.34. The van der Waals surface area contributed by atoms with Crippen LogP contribution in [0.5, 0.6) is 0 Å². The fourth-order valence-corrected chi connectivity index (χ4v) is 2.02. The minimum Gasteiger partial charge on any atom is -0.478 e. The number of aryl methyl sites for hydroxylation is 1. The lowest BCUT2D eigenvalue weighted by molar-refractivity contribution is 0.0697. The molecule has 92 valence electrons. The van der Waals surface area contributed by atoms with Gasteiger partial charge in [0.1, 0.15) is 5.15 Å². The molecule has 0 bridgehead atoms. The molecule has 1 heterocycles. The highest BCUT2D eigenvalue weighted by molar-refractivity contribution is 6.29. The summed E-state index contributed by atoms with van der Waals surface area (Å²) in [4.78, 5) is 15.2. The van der Waals surface area contributed by atoms with E-state index < -0.39 is 5.97 Å². The number of benzene rings is 1. The van der Waals surface area contributed by atoms with Crippen LogP contribution in [0.3, 0.4) is 0 Å². The number of hydrogen-bond donors (Lipinski definition) is 1. The van der Waals surface area contributed by atoms with Gasteiger partial charge in [0.05, 0.1) is 5.56 Å². The van der Waals surface area contributed by atoms with E-state index in [0.29, 0.717) is 5.56 Å². The van der Waals surface area contributed by atoms with Crippen molar-refractivity contribution in [1.82, 2.24) is 4.98 Å². The maximum absolute atomic E-state index is 11.3. The molecule has 2 aromatic rings. The monoisotopic (exact) mass is 261 g/mol. The molecule has 0 fully saturated rings. The van der Waals surface area contributed by atoms with Crippen molar-refractivity contribution in [2.75, 3.05) is 0 Å². The van der Waals surface area contributed by atoms with Gasteiger partial charge in [-0.25, -0.2) is 9.78 Å². The molecule has 18 heavy (non-hydrogen) atoms. The molecule has 0 atom stereocenters. The quantitative estimate of drug-likeness (QED) is 0.839. The van der Waals surface area contributed by atoms with Crippen molar-refractivity contribution in [1.29, 1.82) is 0 Å². The number of nitrogens with zero attached hydrogens (tertiary/aromatic N) is 1. The second kappa shape index (κ2) is 4.78. The molecule has 2 rings (SSSR count). The van der Waals surface area contributed by atoms with Crippen molar-refractivity contribution in [2.24, 2.45) is 0 Å². The molecular formula is C14H12ClNO2. The molecule has 1 N–H and O–H groups in total. The highest BCUT2D eigenvalue weighted by Gasteiger charge is 2.15. The fourth-order valence-electron chi connectivity index (χ4n) is 1.86. The van der Waals surface area contributed by atoms with Crippen LogP contribution in [0.25, 0.3) is 11.1 Å². The van der Waals surface area contributed by atoms with E-state index in [1.165, 1.54) is 12.3 Å². The lowest BCUT2D eigenvalue weighted by Crippen LogP contribution is -2.01. The number of pyridine rings is 1. The standard InChI is InChI=1S/C14H12ClNO2/c1-8-4-3-5-10(9(8)2)12-7-16-13(15)6-11(12)14(17)18/h3-7H,1-2H3,(H,17,18). The Morgan fingerprint density at radius 1 is 1.28 bits per heavy atom. The molecule has 3 nitrogen and oxygen atoms in total. The molecular weight excluding hydrogens is 250 g/mol. The van der Waals surface area contributed by atoms with E-state index >= 15 is 0 Å². The van der Waals surface area contributed by atoms with E-state index in [1.54, 1.807) is 0 Å². The number of carboxylic acids is 1. The van der Waals surface area contributed by atoms with Crippen molar-refractivity contribution in [3.63, 3.8) is 0 Å². The van der Waals surface area contributed by atoms with Gasteiger partial charge in [-0.3, -0.25) is 0 Å². The average Bonchev–Trinajstić information content (AvgIpc) is 2.33. The van der Waals surface area contributed by atoms with Crippen molar-refractivity contribution in [2.45, 2.75) is 13.8 Å². The fraction of sp³-hybridized carbons (Fsp3) is 0.143. The summed E-state index contributed by atoms with van der Waals surface area (Å²) < 4.78 is 0. The first-order chi connectivity index (χ1) is 8.50. The first-order valence-electron chi connectivity index (χ1n) is 5.46. The molecule has 1 aromatic heterocycles. The average molecular weight is 262 g/mol. The summed E-state index contributed by atoms with van der Waals surface area (Å²) in [6.07, 6.45) is 1.51. The Bertz CT molecular complexity index is 623. The summed E-state index contributed by atoms with van der Waals surface area (Å²) in [6.45, 7) is 3.95. The minimum atomic E-state index is -1.00. The summed E-state index contributed by atoms with van der Waals surface area (Å²) in [6, 6.07) is 7.15. The van der Waals surface area contributed by atoms with Crippen LogP contribution in [-0.4, -0.2) is 16.1 Å². The van der Waals surface area contributed by atoms with E-state index in [2.05, 4.69) is 4.98 Å². The number of rotatable bonds is 2. The maximum Gasteiger partial charge on any atom is 0.336 e. The molecule has 0 aliphatic rings. The van der Waals surface area contributed by atoms with Gasteiger partial charge in [0.25, 0.3) is 0 Å². The van der Waals surface area contributed by atoms with Crippen LogP contribution in [0.2, 0.25) is 5.15 Å². The van der Waals surface area contributed by atoms with Gasteiger partial charge in [0, 0.05) is 11.8 Å². The minimum absolute atomic E-state index is 0.170. The SMILES string of the molecule is Cc1cccc(-c2cnc(Cl)cc2C(=O)O)c1C. The van der Waals surface area contributed by atoms with E-state index in [9.17, 15) is 9.90 Å². The van der Waals surface area contributed by atoms with Crippen molar-refractivity contribution < 1.29 is 9.90 Å². The van der Waals surface area contributed by atoms with Crippen LogP contribution >= 0.6 is 11.6 Å². The Balaban J connectivity index is 2.71. The van der Waals surface area contributed by atoms with Gasteiger partial charge in [-0.05, 0) is 36.6 Å². The predicted octanol–water partition coefficient (Wildman–Crippen LogP) is 3.72. The molecule has 0 saturated carbocycles. The van der Waals surface area contributed by atoms with Gasteiger partial charge in [0.15, 0.2) is 0 Å². The van der Waals surface area contributed by atoms with E-state index in [4.69, 9.17) is 11.6 Å². The van der Waals surface area contributed by atoms with Crippen molar-refractivity contribution in [3.05, 3.63) is 52.3 Å². The Hall–Kier alpha value is -1.87. The third-order valence-corrected chi connectivity index (χ3v) is 3.20. The van der Waals surface area contributed by atoms with Crippen molar-refractivity contribution >= 4 is 17.6 Å².